The second-order valence-electron chi connectivity index (χ2n) is 4.99. The van der Waals surface area contributed by atoms with Crippen LogP contribution in [-0.4, -0.2) is 10.6 Å². The molecule has 0 aromatic rings. The lowest BCUT2D eigenvalue weighted by Crippen LogP contribution is -2.06. The minimum absolute atomic E-state index is 0.145. The summed E-state index contributed by atoms with van der Waals surface area (Å²) in [6.45, 7) is 2.24. The third kappa shape index (κ3) is 6.25. The molecule has 0 saturated heterocycles. The van der Waals surface area contributed by atoms with E-state index >= 15 is 0 Å². The second-order valence-corrected chi connectivity index (χ2v) is 5.47. The molecule has 0 unspecified atom stereocenters. The highest BCUT2D eigenvalue weighted by Gasteiger charge is 2.10. The largest absolute Gasteiger partial charge is 0.290 e. The molecule has 0 aliphatic heterocycles. The Kier molecular flexibility index (Phi) is 7.83. The molecule has 0 aromatic carbocycles. The molecule has 0 N–H and O–H groups in total. The van der Waals surface area contributed by atoms with Crippen molar-refractivity contribution in [3.63, 3.8) is 0 Å². The van der Waals surface area contributed by atoms with Crippen LogP contribution in [-0.2, 0) is 4.79 Å². The molecule has 0 atom stereocenters. The van der Waals surface area contributed by atoms with E-state index < -0.39 is 0 Å². The number of thiocarbonyl (C=S) groups is 1. The maximum absolute atomic E-state index is 11.6. The number of ketones is 1. The molecule has 1 aliphatic rings. The standard InChI is InChI=1S/C16H24OS/c1-2-3-4-5-6-7-8-9-10-14-13-15(18)11-12-16(14)17/h11-13H,2-10H2,1H3. The molecule has 1 nitrogen and oxygen atoms in total. The minimum Gasteiger partial charge on any atom is -0.290 e. The molecule has 0 saturated carbocycles. The fraction of sp³-hybridized carbons (Fsp3) is 0.625. The quantitative estimate of drug-likeness (QED) is 0.433. The van der Waals surface area contributed by atoms with Crippen molar-refractivity contribution in [1.29, 1.82) is 0 Å². The van der Waals surface area contributed by atoms with Crippen LogP contribution >= 0.6 is 12.2 Å². The fourth-order valence-electron chi connectivity index (χ4n) is 2.20. The highest BCUT2D eigenvalue weighted by Crippen LogP contribution is 2.16. The second kappa shape index (κ2) is 9.21. The number of allylic oxidation sites excluding steroid dienone is 4. The molecule has 0 fully saturated rings. The molecule has 0 heterocycles. The lowest BCUT2D eigenvalue weighted by molar-refractivity contribution is -0.111. The summed E-state index contributed by atoms with van der Waals surface area (Å²) in [5.74, 6) is 0.145. The van der Waals surface area contributed by atoms with Gasteiger partial charge in [0.15, 0.2) is 5.78 Å². The van der Waals surface area contributed by atoms with Crippen LogP contribution in [0.3, 0.4) is 0 Å². The Morgan fingerprint density at radius 2 is 1.56 bits per heavy atom. The zero-order valence-electron chi connectivity index (χ0n) is 11.4. The molecule has 2 heteroatoms. The fourth-order valence-corrected chi connectivity index (χ4v) is 2.41. The lowest BCUT2D eigenvalue weighted by Gasteiger charge is -2.07. The van der Waals surface area contributed by atoms with E-state index in [0.29, 0.717) is 0 Å². The van der Waals surface area contributed by atoms with Gasteiger partial charge in [0.05, 0.1) is 0 Å². The summed E-state index contributed by atoms with van der Waals surface area (Å²) in [4.78, 5) is 12.3. The molecular weight excluding hydrogens is 240 g/mol. The highest BCUT2D eigenvalue weighted by molar-refractivity contribution is 7.81. The molecule has 1 aliphatic carbocycles. The average Bonchev–Trinajstić information content (AvgIpc) is 2.36. The van der Waals surface area contributed by atoms with Gasteiger partial charge in [-0.25, -0.2) is 0 Å². The molecule has 1 rings (SSSR count). The number of hydrogen-bond donors (Lipinski definition) is 0. The van der Waals surface area contributed by atoms with Crippen molar-refractivity contribution in [3.05, 3.63) is 23.8 Å². The molecule has 0 amide bonds. The summed E-state index contributed by atoms with van der Waals surface area (Å²) in [7, 11) is 0. The Bertz CT molecular complexity index is 339. The Morgan fingerprint density at radius 3 is 2.22 bits per heavy atom. The van der Waals surface area contributed by atoms with Gasteiger partial charge >= 0.3 is 0 Å². The maximum Gasteiger partial charge on any atom is 0.181 e. The topological polar surface area (TPSA) is 17.1 Å². The van der Waals surface area contributed by atoms with Crippen molar-refractivity contribution >= 4 is 22.9 Å². The van der Waals surface area contributed by atoms with Gasteiger partial charge in [-0.15, -0.1) is 0 Å². The van der Waals surface area contributed by atoms with Crippen molar-refractivity contribution < 1.29 is 4.79 Å². The van der Waals surface area contributed by atoms with Crippen LogP contribution < -0.4 is 0 Å². The number of hydrogen-bond acceptors (Lipinski definition) is 2. The molecule has 100 valence electrons. The first-order valence-corrected chi connectivity index (χ1v) is 7.62. The van der Waals surface area contributed by atoms with Crippen molar-refractivity contribution in [2.24, 2.45) is 0 Å². The van der Waals surface area contributed by atoms with E-state index in [9.17, 15) is 4.79 Å². The summed E-state index contributed by atoms with van der Waals surface area (Å²) < 4.78 is 0. The van der Waals surface area contributed by atoms with Crippen LogP contribution in [0.5, 0.6) is 0 Å². The van der Waals surface area contributed by atoms with E-state index in [-0.39, 0.29) is 5.78 Å². The third-order valence-electron chi connectivity index (χ3n) is 3.33. The normalized spacial score (nSPS) is 15.1. The van der Waals surface area contributed by atoms with Gasteiger partial charge in [-0.2, -0.15) is 0 Å². The summed E-state index contributed by atoms with van der Waals surface area (Å²) in [5, 5.41) is 0. The predicted octanol–water partition coefficient (Wildman–Crippen LogP) is 4.95. The summed E-state index contributed by atoms with van der Waals surface area (Å²) in [6.07, 6.45) is 16.5. The number of carbonyl (C=O) groups excluding carboxylic acids is 1. The van der Waals surface area contributed by atoms with Gasteiger partial charge in [0, 0.05) is 10.4 Å². The Hall–Kier alpha value is -0.760. The van der Waals surface area contributed by atoms with Gasteiger partial charge in [0.2, 0.25) is 0 Å². The Balaban J connectivity index is 2.04. The van der Waals surface area contributed by atoms with Crippen LogP contribution in [0.4, 0.5) is 0 Å². The zero-order chi connectivity index (χ0) is 13.2. The van der Waals surface area contributed by atoms with Gasteiger partial charge in [-0.1, -0.05) is 64.1 Å². The highest BCUT2D eigenvalue weighted by atomic mass is 32.1. The van der Waals surface area contributed by atoms with E-state index in [2.05, 4.69) is 6.92 Å². The molecule has 0 radical (unpaired) electrons. The van der Waals surface area contributed by atoms with Crippen LogP contribution in [0.1, 0.15) is 64.7 Å². The van der Waals surface area contributed by atoms with Gasteiger partial charge in [0.25, 0.3) is 0 Å². The summed E-state index contributed by atoms with van der Waals surface area (Å²) in [5.41, 5.74) is 0.897. The van der Waals surface area contributed by atoms with Crippen molar-refractivity contribution in [1.82, 2.24) is 0 Å². The zero-order valence-corrected chi connectivity index (χ0v) is 12.2. The first-order valence-electron chi connectivity index (χ1n) is 7.21. The third-order valence-corrected chi connectivity index (χ3v) is 3.59. The maximum atomic E-state index is 11.6. The van der Waals surface area contributed by atoms with Crippen molar-refractivity contribution in [2.75, 3.05) is 0 Å². The monoisotopic (exact) mass is 264 g/mol. The van der Waals surface area contributed by atoms with Crippen molar-refractivity contribution in [2.45, 2.75) is 64.7 Å². The van der Waals surface area contributed by atoms with Crippen LogP contribution in [0.2, 0.25) is 0 Å². The van der Waals surface area contributed by atoms with E-state index in [1.54, 1.807) is 12.2 Å². The molecule has 0 aromatic heterocycles. The Labute approximate surface area is 116 Å². The van der Waals surface area contributed by atoms with E-state index in [1.165, 1.54) is 44.9 Å². The predicted molar refractivity (Wildman–Crippen MR) is 82.1 cm³/mol. The first-order chi connectivity index (χ1) is 8.74. The van der Waals surface area contributed by atoms with Gasteiger partial charge in [0.1, 0.15) is 0 Å². The average molecular weight is 264 g/mol. The van der Waals surface area contributed by atoms with Gasteiger partial charge in [-0.3, -0.25) is 4.79 Å². The summed E-state index contributed by atoms with van der Waals surface area (Å²) in [6, 6.07) is 0. The van der Waals surface area contributed by atoms with Gasteiger partial charge in [-0.05, 0) is 31.1 Å². The van der Waals surface area contributed by atoms with Crippen LogP contribution in [0, 0.1) is 0 Å². The molecular formula is C16H24OS. The molecule has 0 spiro atoms. The minimum atomic E-state index is 0.145. The number of unbranched alkanes of at least 4 members (excludes halogenated alkanes) is 7. The smallest absolute Gasteiger partial charge is 0.181 e. The van der Waals surface area contributed by atoms with Crippen molar-refractivity contribution in [3.8, 4) is 0 Å². The Morgan fingerprint density at radius 1 is 0.944 bits per heavy atom. The summed E-state index contributed by atoms with van der Waals surface area (Å²) >= 11 is 5.08. The first kappa shape index (κ1) is 15.3. The van der Waals surface area contributed by atoms with Gasteiger partial charge < -0.3 is 0 Å². The van der Waals surface area contributed by atoms with E-state index in [1.807, 2.05) is 6.08 Å². The van der Waals surface area contributed by atoms with Crippen LogP contribution in [0.15, 0.2) is 23.8 Å². The number of rotatable bonds is 9. The SMILES string of the molecule is CCCCCCCCCCC1=CC(=S)C=CC1=O. The lowest BCUT2D eigenvalue weighted by atomic mass is 9.98. The van der Waals surface area contributed by atoms with E-state index in [0.717, 1.165) is 23.3 Å². The molecule has 0 bridgehead atoms. The van der Waals surface area contributed by atoms with E-state index in [4.69, 9.17) is 12.2 Å². The number of carbonyl (C=O) groups is 1. The van der Waals surface area contributed by atoms with Crippen LogP contribution in [0.25, 0.3) is 0 Å². The molecule has 18 heavy (non-hydrogen) atoms.